The summed E-state index contributed by atoms with van der Waals surface area (Å²) in [5, 5.41) is 14.7. The van der Waals surface area contributed by atoms with Gasteiger partial charge >= 0.3 is 0 Å². The van der Waals surface area contributed by atoms with E-state index in [4.69, 9.17) is 4.99 Å². The maximum Gasteiger partial charge on any atom is 0.192 e. The lowest BCUT2D eigenvalue weighted by Gasteiger charge is -2.37. The third-order valence-electron chi connectivity index (χ3n) is 4.91. The van der Waals surface area contributed by atoms with E-state index in [1.165, 1.54) is 0 Å². The summed E-state index contributed by atoms with van der Waals surface area (Å²) in [6.07, 6.45) is 3.41. The summed E-state index contributed by atoms with van der Waals surface area (Å²) >= 11 is 0. The Kier molecular flexibility index (Phi) is 4.50. The summed E-state index contributed by atoms with van der Waals surface area (Å²) in [6, 6.07) is 11.7. The van der Waals surface area contributed by atoms with E-state index >= 15 is 0 Å². The number of aromatic nitrogens is 1. The van der Waals surface area contributed by atoms with Gasteiger partial charge in [0.05, 0.1) is 0 Å². The van der Waals surface area contributed by atoms with Gasteiger partial charge in [0.25, 0.3) is 0 Å². The van der Waals surface area contributed by atoms with Crippen LogP contribution < -0.4 is 4.90 Å². The van der Waals surface area contributed by atoms with Crippen LogP contribution in [0.25, 0.3) is 0 Å². The summed E-state index contributed by atoms with van der Waals surface area (Å²) < 4.78 is 0. The molecule has 0 bridgehead atoms. The van der Waals surface area contributed by atoms with Gasteiger partial charge in [0.15, 0.2) is 5.66 Å². The molecule has 3 rings (SSSR count). The van der Waals surface area contributed by atoms with E-state index in [1.807, 2.05) is 88.2 Å². The minimum absolute atomic E-state index is 0.751. The van der Waals surface area contributed by atoms with Crippen LogP contribution >= 0.6 is 0 Å². The zero-order valence-corrected chi connectivity index (χ0v) is 16.3. The minimum atomic E-state index is -1.13. The molecule has 6 heteroatoms. The molecular weight excluding hydrogens is 326 g/mol. The van der Waals surface area contributed by atoms with Crippen LogP contribution in [-0.2, 0) is 10.9 Å². The quantitative estimate of drug-likeness (QED) is 0.852. The zero-order valence-electron chi connectivity index (χ0n) is 16.3. The van der Waals surface area contributed by atoms with Crippen molar-refractivity contribution in [3.05, 3.63) is 59.9 Å². The van der Waals surface area contributed by atoms with Crippen molar-refractivity contribution >= 4 is 11.5 Å². The average Bonchev–Trinajstić information content (AvgIpc) is 2.84. The van der Waals surface area contributed by atoms with Gasteiger partial charge in [-0.25, -0.2) is 4.99 Å². The smallest absolute Gasteiger partial charge is 0.192 e. The predicted octanol–water partition coefficient (Wildman–Crippen LogP) is 2.75. The molecule has 0 aliphatic carbocycles. The molecule has 1 radical (unpaired) electrons. The highest BCUT2D eigenvalue weighted by atomic mass is 16.5. The zero-order chi connectivity index (χ0) is 19.1. The van der Waals surface area contributed by atoms with E-state index in [1.54, 1.807) is 12.4 Å². The molecule has 1 aromatic heterocycles. The number of anilines is 1. The summed E-state index contributed by atoms with van der Waals surface area (Å²) in [6.45, 7) is 3.83. The molecule has 1 atom stereocenters. The minimum Gasteiger partial charge on any atom is -0.378 e. The number of likely N-dealkylation sites (N-methyl/N-ethyl adjacent to an activating group) is 1. The molecular formula is C20H26N5O. The monoisotopic (exact) mass is 352 g/mol. The number of rotatable bonds is 3. The lowest BCUT2D eigenvalue weighted by atomic mass is 9.90. The Labute approximate surface area is 155 Å². The molecule has 1 aromatic carbocycles. The molecule has 137 valence electrons. The summed E-state index contributed by atoms with van der Waals surface area (Å²) in [4.78, 5) is 13.0. The Bertz CT molecular complexity index is 799. The third kappa shape index (κ3) is 2.66. The summed E-state index contributed by atoms with van der Waals surface area (Å²) in [5.74, 6) is 0.751. The van der Waals surface area contributed by atoms with Crippen molar-refractivity contribution in [2.45, 2.75) is 25.0 Å². The fourth-order valence-electron chi connectivity index (χ4n) is 3.58. The lowest BCUT2D eigenvalue weighted by Crippen LogP contribution is -2.53. The maximum atomic E-state index is 13.6. The number of pyridine rings is 1. The van der Waals surface area contributed by atoms with E-state index in [0.29, 0.717) is 0 Å². The van der Waals surface area contributed by atoms with Gasteiger partial charge in [-0.05, 0) is 38.1 Å². The lowest BCUT2D eigenvalue weighted by molar-refractivity contribution is -0.243. The Morgan fingerprint density at radius 3 is 1.85 bits per heavy atom. The van der Waals surface area contributed by atoms with Crippen LogP contribution in [0.3, 0.4) is 0 Å². The second-order valence-corrected chi connectivity index (χ2v) is 7.53. The van der Waals surface area contributed by atoms with E-state index in [-0.39, 0.29) is 0 Å². The Balaban J connectivity index is 2.26. The molecule has 26 heavy (non-hydrogen) atoms. The molecule has 1 aliphatic rings. The second kappa shape index (κ2) is 6.37. The standard InChI is InChI=1S/C20H26N5O/c1-19(2)18(24(5)6)22-20(25(19)26,16-11-13-21-14-12-16)15-7-9-17(10-8-15)23(3)4/h7-14H,1-6H3. The van der Waals surface area contributed by atoms with E-state index < -0.39 is 11.2 Å². The fraction of sp³-hybridized carbons (Fsp3) is 0.400. The molecule has 1 aliphatic heterocycles. The highest BCUT2D eigenvalue weighted by molar-refractivity contribution is 5.93. The molecule has 0 saturated carbocycles. The van der Waals surface area contributed by atoms with E-state index in [9.17, 15) is 5.21 Å². The Morgan fingerprint density at radius 1 is 0.846 bits per heavy atom. The molecule has 0 saturated heterocycles. The SMILES string of the molecule is CN(C)C1=NC(c2ccncc2)(c2ccc(N(C)C)cc2)N([O])C1(C)C. The first kappa shape index (κ1) is 18.4. The van der Waals surface area contributed by atoms with Crippen LogP contribution in [0.2, 0.25) is 0 Å². The molecule has 0 fully saturated rings. The van der Waals surface area contributed by atoms with Gasteiger partial charge in [0.1, 0.15) is 11.4 Å². The Morgan fingerprint density at radius 2 is 1.38 bits per heavy atom. The molecule has 2 aromatic rings. The topological polar surface area (TPSA) is 54.9 Å². The normalized spacial score (nSPS) is 22.2. The number of nitrogens with zero attached hydrogens (tertiary/aromatic N) is 5. The van der Waals surface area contributed by atoms with Crippen molar-refractivity contribution in [2.75, 3.05) is 33.1 Å². The van der Waals surface area contributed by atoms with Crippen molar-refractivity contribution < 1.29 is 5.21 Å². The number of amidine groups is 1. The number of hydroxylamine groups is 2. The van der Waals surface area contributed by atoms with Gasteiger partial charge in [0, 0.05) is 57.4 Å². The van der Waals surface area contributed by atoms with Gasteiger partial charge in [-0.15, -0.1) is 10.3 Å². The molecule has 0 spiro atoms. The highest BCUT2D eigenvalue weighted by Gasteiger charge is 2.56. The van der Waals surface area contributed by atoms with E-state index in [2.05, 4.69) is 4.98 Å². The van der Waals surface area contributed by atoms with Gasteiger partial charge in [-0.3, -0.25) is 4.98 Å². The van der Waals surface area contributed by atoms with Gasteiger partial charge < -0.3 is 9.80 Å². The number of hydrogen-bond donors (Lipinski definition) is 0. The molecule has 0 amide bonds. The molecule has 6 nitrogen and oxygen atoms in total. The highest BCUT2D eigenvalue weighted by Crippen LogP contribution is 2.46. The predicted molar refractivity (Wildman–Crippen MR) is 104 cm³/mol. The molecule has 0 N–H and O–H groups in total. The second-order valence-electron chi connectivity index (χ2n) is 7.53. The van der Waals surface area contributed by atoms with Crippen molar-refractivity contribution in [1.29, 1.82) is 0 Å². The molecule has 1 unspecified atom stereocenters. The summed E-state index contributed by atoms with van der Waals surface area (Å²) in [5.41, 5.74) is 0.841. The van der Waals surface area contributed by atoms with E-state index in [0.717, 1.165) is 27.7 Å². The number of benzene rings is 1. The summed E-state index contributed by atoms with van der Waals surface area (Å²) in [7, 11) is 7.83. The van der Waals surface area contributed by atoms with Crippen molar-refractivity contribution in [2.24, 2.45) is 4.99 Å². The van der Waals surface area contributed by atoms with Gasteiger partial charge in [0.2, 0.25) is 0 Å². The average molecular weight is 352 g/mol. The largest absolute Gasteiger partial charge is 0.378 e. The first-order valence-electron chi connectivity index (χ1n) is 8.64. The van der Waals surface area contributed by atoms with Crippen molar-refractivity contribution in [3.8, 4) is 0 Å². The van der Waals surface area contributed by atoms with Gasteiger partial charge in [-0.2, -0.15) is 0 Å². The van der Waals surface area contributed by atoms with Crippen LogP contribution in [0.5, 0.6) is 0 Å². The van der Waals surface area contributed by atoms with Crippen LogP contribution in [0, 0.1) is 0 Å². The van der Waals surface area contributed by atoms with Crippen LogP contribution in [0.15, 0.2) is 53.8 Å². The van der Waals surface area contributed by atoms with Crippen LogP contribution in [-0.4, -0.2) is 54.5 Å². The van der Waals surface area contributed by atoms with Gasteiger partial charge in [-0.1, -0.05) is 12.1 Å². The van der Waals surface area contributed by atoms with Crippen LogP contribution in [0.4, 0.5) is 5.69 Å². The first-order valence-corrected chi connectivity index (χ1v) is 8.64. The Hall–Kier alpha value is -2.44. The number of hydrogen-bond acceptors (Lipinski definition) is 5. The third-order valence-corrected chi connectivity index (χ3v) is 4.91. The maximum absolute atomic E-state index is 13.6. The first-order chi connectivity index (χ1) is 12.2. The number of aliphatic imine (C=N–C) groups is 1. The van der Waals surface area contributed by atoms with Crippen molar-refractivity contribution in [3.63, 3.8) is 0 Å². The van der Waals surface area contributed by atoms with Crippen LogP contribution in [0.1, 0.15) is 25.0 Å². The fourth-order valence-corrected chi connectivity index (χ4v) is 3.58. The molecule has 2 heterocycles. The van der Waals surface area contributed by atoms with Crippen molar-refractivity contribution in [1.82, 2.24) is 14.9 Å².